The van der Waals surface area contributed by atoms with Crippen LogP contribution in [0.2, 0.25) is 24.2 Å². The second kappa shape index (κ2) is 10.7. The monoisotopic (exact) mass is 697 g/mol. The van der Waals surface area contributed by atoms with E-state index >= 15 is 0 Å². The third-order valence-electron chi connectivity index (χ3n) is 13.8. The maximum absolute atomic E-state index is 5.15. The molecule has 12 rings (SSSR count). The van der Waals surface area contributed by atoms with Crippen LogP contribution in [0.4, 0.5) is 0 Å². The summed E-state index contributed by atoms with van der Waals surface area (Å²) in [5, 5.41) is 13.1. The third-order valence-corrected chi connectivity index (χ3v) is 24.5. The van der Waals surface area contributed by atoms with Crippen molar-refractivity contribution in [3.05, 3.63) is 140 Å². The summed E-state index contributed by atoms with van der Waals surface area (Å²) >= 11 is 0. The van der Waals surface area contributed by atoms with Crippen LogP contribution in [0.5, 0.6) is 0 Å². The molecule has 2 fully saturated rings. The molecule has 2 spiro atoms. The van der Waals surface area contributed by atoms with Crippen molar-refractivity contribution >= 4 is 69.3 Å². The van der Waals surface area contributed by atoms with Gasteiger partial charge in [0, 0.05) is 22.4 Å². The summed E-state index contributed by atoms with van der Waals surface area (Å²) < 4.78 is 0. The molecule has 1 nitrogen and oxygen atoms in total. The van der Waals surface area contributed by atoms with Gasteiger partial charge in [0.1, 0.15) is 16.1 Å². The third kappa shape index (κ3) is 3.75. The van der Waals surface area contributed by atoms with Crippen LogP contribution in [0.15, 0.2) is 140 Å². The largest absolute Gasteiger partial charge is 0.256 e. The number of nitrogens with zero attached hydrogens (tertiary/aromatic N) is 1. The van der Waals surface area contributed by atoms with Crippen molar-refractivity contribution in [1.82, 2.24) is 4.98 Å². The molecule has 52 heavy (non-hydrogen) atoms. The summed E-state index contributed by atoms with van der Waals surface area (Å²) in [5.74, 6) is 0. The van der Waals surface area contributed by atoms with Crippen molar-refractivity contribution in [3.8, 4) is 44.5 Å². The highest BCUT2D eigenvalue weighted by molar-refractivity contribution is 7.06. The van der Waals surface area contributed by atoms with Gasteiger partial charge in [-0.15, -0.1) is 0 Å². The minimum Gasteiger partial charge on any atom is -0.256 e. The Morgan fingerprint density at radius 3 is 1.44 bits per heavy atom. The first-order chi connectivity index (χ1) is 25.8. The lowest BCUT2D eigenvalue weighted by atomic mass is 9.84. The summed E-state index contributed by atoms with van der Waals surface area (Å²) in [6.45, 7) is 0. The van der Waals surface area contributed by atoms with Crippen LogP contribution >= 0.6 is 0 Å². The molecule has 0 unspecified atom stereocenters. The second-order valence-electron chi connectivity index (χ2n) is 16.0. The maximum Gasteiger partial charge on any atom is 0.119 e. The molecule has 4 aliphatic rings. The van der Waals surface area contributed by atoms with E-state index in [9.17, 15) is 0 Å². The molecule has 0 saturated carbocycles. The van der Waals surface area contributed by atoms with Crippen molar-refractivity contribution in [2.75, 3.05) is 0 Å². The topological polar surface area (TPSA) is 12.9 Å². The molecule has 7 aromatic carbocycles. The van der Waals surface area contributed by atoms with Gasteiger partial charge in [0.2, 0.25) is 0 Å². The van der Waals surface area contributed by atoms with Gasteiger partial charge in [0.15, 0.2) is 0 Å². The molecule has 0 atom stereocenters. The van der Waals surface area contributed by atoms with Gasteiger partial charge < -0.3 is 0 Å². The molecule has 1 aromatic heterocycles. The van der Waals surface area contributed by atoms with Gasteiger partial charge in [0.05, 0.1) is 5.52 Å². The molecule has 8 aromatic rings. The highest BCUT2D eigenvalue weighted by Crippen LogP contribution is 2.48. The van der Waals surface area contributed by atoms with Gasteiger partial charge in [-0.2, -0.15) is 0 Å². The van der Waals surface area contributed by atoms with Crippen molar-refractivity contribution in [2.24, 2.45) is 0 Å². The molecule has 0 N–H and O–H groups in total. The predicted molar refractivity (Wildman–Crippen MR) is 226 cm³/mol. The zero-order valence-corrected chi connectivity index (χ0v) is 31.4. The Balaban J connectivity index is 1.16. The molecule has 0 radical (unpaired) electrons. The molecular weight excluding hydrogens is 659 g/mol. The summed E-state index contributed by atoms with van der Waals surface area (Å²) in [6.07, 6.45) is 7.66. The van der Waals surface area contributed by atoms with Gasteiger partial charge >= 0.3 is 0 Å². The number of pyridine rings is 1. The SMILES string of the molecule is c1ccc2c(c1)-c1cc(-c3c4ccccc4c(-c4ccc5c(c4)-c4ccccc4[Si]54CCCC4)c4c3cnc3ccccc34)ccc1[Si]21CCCC1. The molecule has 0 aliphatic carbocycles. The molecule has 5 heterocycles. The maximum atomic E-state index is 5.15. The van der Waals surface area contributed by atoms with E-state index in [0.717, 1.165) is 5.52 Å². The van der Waals surface area contributed by atoms with Crippen LogP contribution in [0.25, 0.3) is 77.0 Å². The quantitative estimate of drug-likeness (QED) is 0.0996. The average Bonchev–Trinajstić information content (AvgIpc) is 4.01. The number of para-hydroxylation sites is 1. The molecule has 4 aliphatic heterocycles. The van der Waals surface area contributed by atoms with Crippen molar-refractivity contribution < 1.29 is 0 Å². The highest BCUT2D eigenvalue weighted by Gasteiger charge is 2.48. The summed E-state index contributed by atoms with van der Waals surface area (Å²) in [5.41, 5.74) is 12.3. The fourth-order valence-electron chi connectivity index (χ4n) is 11.7. The second-order valence-corrected chi connectivity index (χ2v) is 24.5. The van der Waals surface area contributed by atoms with E-state index in [-0.39, 0.29) is 0 Å². The first kappa shape index (κ1) is 29.5. The molecular formula is C49H39NSi2. The number of aromatic nitrogens is 1. The lowest BCUT2D eigenvalue weighted by molar-refractivity contribution is 0.935. The van der Waals surface area contributed by atoms with Crippen molar-refractivity contribution in [1.29, 1.82) is 0 Å². The van der Waals surface area contributed by atoms with E-state index in [1.807, 2.05) is 0 Å². The Labute approximate surface area is 307 Å². The molecule has 2 saturated heterocycles. The Morgan fingerprint density at radius 2 is 0.846 bits per heavy atom. The van der Waals surface area contributed by atoms with Crippen molar-refractivity contribution in [3.63, 3.8) is 0 Å². The van der Waals surface area contributed by atoms with Crippen LogP contribution in [-0.4, -0.2) is 21.1 Å². The highest BCUT2D eigenvalue weighted by atomic mass is 28.3. The van der Waals surface area contributed by atoms with Crippen LogP contribution in [0.3, 0.4) is 0 Å². The van der Waals surface area contributed by atoms with Gasteiger partial charge in [-0.3, -0.25) is 4.98 Å². The minimum atomic E-state index is -1.69. The van der Waals surface area contributed by atoms with E-state index in [1.165, 1.54) is 121 Å². The van der Waals surface area contributed by atoms with Gasteiger partial charge in [-0.05, 0) is 118 Å². The Morgan fingerprint density at radius 1 is 0.385 bits per heavy atom. The summed E-state index contributed by atoms with van der Waals surface area (Å²) in [7, 11) is -3.38. The lowest BCUT2D eigenvalue weighted by Crippen LogP contribution is -2.52. The van der Waals surface area contributed by atoms with Crippen molar-refractivity contribution in [2.45, 2.75) is 49.9 Å². The molecule has 248 valence electrons. The molecule has 0 bridgehead atoms. The number of benzene rings is 7. The Bertz CT molecular complexity index is 2820. The lowest BCUT2D eigenvalue weighted by Gasteiger charge is -2.24. The fraction of sp³-hybridized carbons (Fsp3) is 0.163. The van der Waals surface area contributed by atoms with Crippen LogP contribution in [0.1, 0.15) is 25.7 Å². The Hall–Kier alpha value is -5.10. The molecule has 3 heteroatoms. The Kier molecular flexibility index (Phi) is 6.08. The predicted octanol–water partition coefficient (Wildman–Crippen LogP) is 10.5. The normalized spacial score (nSPS) is 17.3. The zero-order valence-electron chi connectivity index (χ0n) is 29.4. The first-order valence-corrected chi connectivity index (χ1v) is 24.3. The van der Waals surface area contributed by atoms with E-state index in [4.69, 9.17) is 4.98 Å². The van der Waals surface area contributed by atoms with E-state index in [0.29, 0.717) is 0 Å². The van der Waals surface area contributed by atoms with Gasteiger partial charge in [-0.25, -0.2) is 0 Å². The average molecular weight is 698 g/mol. The summed E-state index contributed by atoms with van der Waals surface area (Å²) in [6, 6.07) is 57.5. The van der Waals surface area contributed by atoms with E-state index in [1.54, 1.807) is 20.7 Å². The van der Waals surface area contributed by atoms with Crippen LogP contribution in [0, 0.1) is 0 Å². The first-order valence-electron chi connectivity index (χ1n) is 19.5. The van der Waals surface area contributed by atoms with Crippen LogP contribution < -0.4 is 20.7 Å². The van der Waals surface area contributed by atoms with Crippen LogP contribution in [-0.2, 0) is 0 Å². The zero-order chi connectivity index (χ0) is 34.0. The van der Waals surface area contributed by atoms with Gasteiger partial charge in [-0.1, -0.05) is 141 Å². The van der Waals surface area contributed by atoms with E-state index in [2.05, 4.69) is 140 Å². The summed E-state index contributed by atoms with van der Waals surface area (Å²) in [4.78, 5) is 5.15. The number of rotatable bonds is 2. The number of hydrogen-bond donors (Lipinski definition) is 0. The number of fused-ring (bicyclic) bond motifs is 14. The standard InChI is InChI=1S/C49H39NSi2/c1-2-16-37-36(15-1)47(32-21-23-45-39(29-32)34-13-4-7-19-43(34)51(45)25-9-10-26-51)41-31-50-42-18-6-3-17-38(42)49(41)48(37)33-22-24-46-40(30-33)35-14-5-8-20-44(35)52(46)27-11-12-28-52/h1-8,13-24,29-31H,9-12,25-28H2. The number of hydrogen-bond acceptors (Lipinski definition) is 1. The smallest absolute Gasteiger partial charge is 0.119 e. The minimum absolute atomic E-state index is 1.05. The van der Waals surface area contributed by atoms with E-state index < -0.39 is 16.1 Å². The van der Waals surface area contributed by atoms with Gasteiger partial charge in [0.25, 0.3) is 0 Å². The fourth-order valence-corrected chi connectivity index (χ4v) is 22.9. The molecule has 0 amide bonds.